The van der Waals surface area contributed by atoms with Gasteiger partial charge >= 0.3 is 0 Å². The van der Waals surface area contributed by atoms with Crippen molar-refractivity contribution in [3.05, 3.63) is 35.4 Å². The van der Waals surface area contributed by atoms with Crippen LogP contribution in [-0.4, -0.2) is 23.2 Å². The van der Waals surface area contributed by atoms with Gasteiger partial charge in [-0.2, -0.15) is 0 Å². The Bertz CT molecular complexity index is 405. The average Bonchev–Trinajstić information content (AvgIpc) is 2.39. The minimum absolute atomic E-state index is 0.0739. The summed E-state index contributed by atoms with van der Waals surface area (Å²) in [6.45, 7) is 0. The predicted octanol–water partition coefficient (Wildman–Crippen LogP) is 2.46. The van der Waals surface area contributed by atoms with Crippen molar-refractivity contribution in [3.63, 3.8) is 0 Å². The van der Waals surface area contributed by atoms with Gasteiger partial charge in [0.25, 0.3) is 5.91 Å². The molecule has 0 aliphatic heterocycles. The third-order valence-corrected chi connectivity index (χ3v) is 3.66. The quantitative estimate of drug-likeness (QED) is 0.827. The molecule has 0 bridgehead atoms. The monoisotopic (exact) mass is 267 g/mol. The molecule has 0 heterocycles. The van der Waals surface area contributed by atoms with Gasteiger partial charge in [-0.3, -0.25) is 4.79 Å². The average molecular weight is 268 g/mol. The number of hydrogen-bond donors (Lipinski definition) is 2. The van der Waals surface area contributed by atoms with E-state index in [9.17, 15) is 9.90 Å². The summed E-state index contributed by atoms with van der Waals surface area (Å²) in [5.41, 5.74) is 1.64. The molecule has 0 saturated heterocycles. The van der Waals surface area contributed by atoms with Crippen LogP contribution in [0.15, 0.2) is 24.3 Å². The van der Waals surface area contributed by atoms with E-state index < -0.39 is 0 Å². The summed E-state index contributed by atoms with van der Waals surface area (Å²) in [6.07, 6.45) is 3.14. The van der Waals surface area contributed by atoms with Crippen LogP contribution in [0.4, 0.5) is 0 Å². The van der Waals surface area contributed by atoms with Crippen LogP contribution in [0, 0.1) is 0 Å². The number of hydrogen-bond acceptors (Lipinski definition) is 2. The second-order valence-electron chi connectivity index (χ2n) is 4.82. The largest absolute Gasteiger partial charge is 0.393 e. The van der Waals surface area contributed by atoms with E-state index in [1.165, 1.54) is 0 Å². The zero-order valence-electron chi connectivity index (χ0n) is 10.2. The number of aliphatic hydroxyl groups excluding tert-OH is 1. The molecule has 0 spiro atoms. The lowest BCUT2D eigenvalue weighted by molar-refractivity contribution is 0.0850. The lowest BCUT2D eigenvalue weighted by Gasteiger charge is -2.26. The topological polar surface area (TPSA) is 49.3 Å². The fourth-order valence-electron chi connectivity index (χ4n) is 2.31. The van der Waals surface area contributed by atoms with Crippen molar-refractivity contribution in [3.8, 4) is 0 Å². The molecule has 1 aliphatic rings. The molecule has 2 rings (SSSR count). The molecule has 4 heteroatoms. The van der Waals surface area contributed by atoms with Crippen LogP contribution in [0.2, 0.25) is 0 Å². The molecule has 1 aromatic rings. The van der Waals surface area contributed by atoms with Crippen molar-refractivity contribution in [1.82, 2.24) is 5.32 Å². The minimum Gasteiger partial charge on any atom is -0.393 e. The Morgan fingerprint density at radius 3 is 2.67 bits per heavy atom. The van der Waals surface area contributed by atoms with Gasteiger partial charge in [0.15, 0.2) is 0 Å². The number of amides is 1. The van der Waals surface area contributed by atoms with Gasteiger partial charge in [0, 0.05) is 17.5 Å². The van der Waals surface area contributed by atoms with Crippen LogP contribution in [0.1, 0.15) is 41.6 Å². The molecular formula is C14H18ClNO2. The van der Waals surface area contributed by atoms with Crippen LogP contribution in [0.25, 0.3) is 0 Å². The molecule has 3 nitrogen and oxygen atoms in total. The Labute approximate surface area is 112 Å². The molecule has 0 radical (unpaired) electrons. The van der Waals surface area contributed by atoms with Crippen LogP contribution in [0.3, 0.4) is 0 Å². The van der Waals surface area contributed by atoms with Crippen LogP contribution in [0.5, 0.6) is 0 Å². The van der Waals surface area contributed by atoms with Gasteiger partial charge in [-0.25, -0.2) is 0 Å². The molecule has 1 amide bonds. The molecule has 98 valence electrons. The standard InChI is InChI=1S/C14H18ClNO2/c15-9-10-4-6-11(7-5-10)14(18)16-12-2-1-3-13(17)8-12/h4-7,12-13,17H,1-3,8-9H2,(H,16,18). The Morgan fingerprint density at radius 1 is 1.33 bits per heavy atom. The smallest absolute Gasteiger partial charge is 0.251 e. The first-order valence-corrected chi connectivity index (χ1v) is 6.86. The Balaban J connectivity index is 1.94. The van der Waals surface area contributed by atoms with Gasteiger partial charge in [0.1, 0.15) is 0 Å². The number of nitrogens with one attached hydrogen (secondary N) is 1. The van der Waals surface area contributed by atoms with Crippen LogP contribution in [-0.2, 0) is 5.88 Å². The number of halogens is 1. The summed E-state index contributed by atoms with van der Waals surface area (Å²) in [6, 6.07) is 7.38. The van der Waals surface area contributed by atoms with Crippen LogP contribution < -0.4 is 5.32 Å². The SMILES string of the molecule is O=C(NC1CCCC(O)C1)c1ccc(CCl)cc1. The van der Waals surface area contributed by atoms with E-state index in [1.54, 1.807) is 12.1 Å². The maximum atomic E-state index is 12.0. The minimum atomic E-state index is -0.275. The Morgan fingerprint density at radius 2 is 2.06 bits per heavy atom. The molecule has 1 aromatic carbocycles. The number of benzene rings is 1. The van der Waals surface area contributed by atoms with Gasteiger partial charge in [0.2, 0.25) is 0 Å². The van der Waals surface area contributed by atoms with Crippen molar-refractivity contribution in [1.29, 1.82) is 0 Å². The number of rotatable bonds is 3. The number of carbonyl (C=O) groups is 1. The summed E-state index contributed by atoms with van der Waals surface area (Å²) < 4.78 is 0. The molecule has 2 atom stereocenters. The number of aliphatic hydroxyl groups is 1. The molecule has 1 aliphatic carbocycles. The fourth-order valence-corrected chi connectivity index (χ4v) is 2.49. The predicted molar refractivity (Wildman–Crippen MR) is 71.7 cm³/mol. The Kier molecular flexibility index (Phi) is 4.61. The fraction of sp³-hybridized carbons (Fsp3) is 0.500. The first-order chi connectivity index (χ1) is 8.69. The van der Waals surface area contributed by atoms with Crippen molar-refractivity contribution >= 4 is 17.5 Å². The molecule has 1 saturated carbocycles. The zero-order chi connectivity index (χ0) is 13.0. The molecule has 1 fully saturated rings. The lowest BCUT2D eigenvalue weighted by Crippen LogP contribution is -2.39. The zero-order valence-corrected chi connectivity index (χ0v) is 11.0. The molecular weight excluding hydrogens is 250 g/mol. The van der Waals surface area contributed by atoms with E-state index in [4.69, 9.17) is 11.6 Å². The highest BCUT2D eigenvalue weighted by molar-refractivity contribution is 6.17. The van der Waals surface area contributed by atoms with E-state index in [0.29, 0.717) is 17.9 Å². The van der Waals surface area contributed by atoms with Gasteiger partial charge in [-0.15, -0.1) is 11.6 Å². The third-order valence-electron chi connectivity index (χ3n) is 3.35. The number of alkyl halides is 1. The van der Waals surface area contributed by atoms with E-state index in [0.717, 1.165) is 24.8 Å². The highest BCUT2D eigenvalue weighted by atomic mass is 35.5. The van der Waals surface area contributed by atoms with Gasteiger partial charge in [-0.05, 0) is 43.4 Å². The summed E-state index contributed by atoms with van der Waals surface area (Å²) >= 11 is 5.70. The maximum Gasteiger partial charge on any atom is 0.251 e. The first-order valence-electron chi connectivity index (χ1n) is 6.33. The van der Waals surface area contributed by atoms with E-state index in [1.807, 2.05) is 12.1 Å². The molecule has 2 N–H and O–H groups in total. The maximum absolute atomic E-state index is 12.0. The normalized spacial score (nSPS) is 23.7. The number of carbonyl (C=O) groups excluding carboxylic acids is 1. The highest BCUT2D eigenvalue weighted by Gasteiger charge is 2.21. The summed E-state index contributed by atoms with van der Waals surface area (Å²) in [5, 5.41) is 12.5. The van der Waals surface area contributed by atoms with Gasteiger partial charge in [0.05, 0.1) is 6.10 Å². The highest BCUT2D eigenvalue weighted by Crippen LogP contribution is 2.18. The first kappa shape index (κ1) is 13.4. The molecule has 18 heavy (non-hydrogen) atoms. The van der Waals surface area contributed by atoms with E-state index >= 15 is 0 Å². The van der Waals surface area contributed by atoms with Crippen LogP contribution >= 0.6 is 11.6 Å². The molecule has 0 aromatic heterocycles. The lowest BCUT2D eigenvalue weighted by atomic mass is 9.93. The van der Waals surface area contributed by atoms with Crippen molar-refractivity contribution < 1.29 is 9.90 Å². The summed E-state index contributed by atoms with van der Waals surface area (Å²) in [7, 11) is 0. The van der Waals surface area contributed by atoms with Gasteiger partial charge < -0.3 is 10.4 Å². The van der Waals surface area contributed by atoms with E-state index in [2.05, 4.69) is 5.32 Å². The Hall–Kier alpha value is -1.06. The van der Waals surface area contributed by atoms with Crippen molar-refractivity contribution in [2.45, 2.75) is 43.7 Å². The van der Waals surface area contributed by atoms with Crippen molar-refractivity contribution in [2.75, 3.05) is 0 Å². The third kappa shape index (κ3) is 3.47. The second kappa shape index (κ2) is 6.21. The van der Waals surface area contributed by atoms with Gasteiger partial charge in [-0.1, -0.05) is 12.1 Å². The second-order valence-corrected chi connectivity index (χ2v) is 5.09. The van der Waals surface area contributed by atoms with Crippen molar-refractivity contribution in [2.24, 2.45) is 0 Å². The van der Waals surface area contributed by atoms with E-state index in [-0.39, 0.29) is 18.1 Å². The summed E-state index contributed by atoms with van der Waals surface area (Å²) in [4.78, 5) is 12.0. The summed E-state index contributed by atoms with van der Waals surface area (Å²) in [5.74, 6) is 0.381. The molecule has 2 unspecified atom stereocenters.